The van der Waals surface area contributed by atoms with Crippen LogP contribution in [0.15, 0.2) is 41.4 Å². The Morgan fingerprint density at radius 1 is 1.30 bits per heavy atom. The lowest BCUT2D eigenvalue weighted by molar-refractivity contribution is 1.03. The van der Waals surface area contributed by atoms with E-state index in [1.54, 1.807) is 0 Å². The van der Waals surface area contributed by atoms with E-state index in [1.807, 2.05) is 56.4 Å². The third kappa shape index (κ3) is 3.89. The first-order chi connectivity index (χ1) is 9.67. The molecule has 0 radical (unpaired) electrons. The molecular weight excluding hydrogens is 250 g/mol. The smallest absolute Gasteiger partial charge is 0.236 e. The second-order valence-electron chi connectivity index (χ2n) is 4.42. The highest BCUT2D eigenvalue weighted by Gasteiger charge is 2.03. The third-order valence-corrected chi connectivity index (χ3v) is 2.59. The van der Waals surface area contributed by atoms with E-state index >= 15 is 0 Å². The number of para-hydroxylation sites is 1. The minimum absolute atomic E-state index is 0.329. The van der Waals surface area contributed by atoms with Crippen molar-refractivity contribution in [3.8, 4) is 6.19 Å². The Kier molecular flexibility index (Phi) is 4.40. The summed E-state index contributed by atoms with van der Waals surface area (Å²) in [7, 11) is 0. The topological polar surface area (TPSA) is 74.0 Å². The highest BCUT2D eigenvalue weighted by atomic mass is 15.1. The fraction of sp³-hybridized carbons (Fsp3) is 0.200. The molecule has 0 bridgehead atoms. The van der Waals surface area contributed by atoms with Crippen LogP contribution >= 0.6 is 0 Å². The Morgan fingerprint density at radius 2 is 2.05 bits per heavy atom. The molecule has 2 rings (SSSR count). The molecule has 5 nitrogen and oxygen atoms in total. The third-order valence-electron chi connectivity index (χ3n) is 2.59. The number of hydrogen-bond acceptors (Lipinski definition) is 5. The van der Waals surface area contributed by atoms with Crippen molar-refractivity contribution in [2.45, 2.75) is 20.3 Å². The second-order valence-corrected chi connectivity index (χ2v) is 4.42. The van der Waals surface area contributed by atoms with Gasteiger partial charge in [0.25, 0.3) is 0 Å². The predicted octanol–water partition coefficient (Wildman–Crippen LogP) is 3.01. The van der Waals surface area contributed by atoms with E-state index in [9.17, 15) is 0 Å². The summed E-state index contributed by atoms with van der Waals surface area (Å²) in [4.78, 5) is 12.9. The molecule has 0 saturated heterocycles. The normalized spacial score (nSPS) is 10.9. The molecule has 2 aromatic rings. The van der Waals surface area contributed by atoms with Gasteiger partial charge >= 0.3 is 0 Å². The van der Waals surface area contributed by atoms with Gasteiger partial charge in [-0.15, -0.1) is 0 Å². The van der Waals surface area contributed by atoms with Gasteiger partial charge in [-0.2, -0.15) is 5.26 Å². The molecule has 1 aromatic heterocycles. The molecule has 0 fully saturated rings. The summed E-state index contributed by atoms with van der Waals surface area (Å²) in [6, 6.07) is 11.7. The zero-order valence-corrected chi connectivity index (χ0v) is 11.5. The van der Waals surface area contributed by atoms with Crippen molar-refractivity contribution in [3.05, 3.63) is 47.8 Å². The van der Waals surface area contributed by atoms with Crippen LogP contribution in [0.25, 0.3) is 0 Å². The van der Waals surface area contributed by atoms with Gasteiger partial charge in [-0.05, 0) is 32.0 Å². The lowest BCUT2D eigenvalue weighted by Gasteiger charge is -2.04. The molecule has 0 aliphatic heterocycles. The quantitative estimate of drug-likeness (QED) is 0.524. The number of nitrogens with one attached hydrogen (secondary N) is 1. The molecule has 1 N–H and O–H groups in total. The highest BCUT2D eigenvalue weighted by Crippen LogP contribution is 2.12. The van der Waals surface area contributed by atoms with E-state index in [1.165, 1.54) is 0 Å². The summed E-state index contributed by atoms with van der Waals surface area (Å²) >= 11 is 0. The monoisotopic (exact) mass is 265 g/mol. The van der Waals surface area contributed by atoms with Crippen molar-refractivity contribution in [1.82, 2.24) is 9.97 Å². The minimum atomic E-state index is 0.329. The van der Waals surface area contributed by atoms with Gasteiger partial charge < -0.3 is 0 Å². The van der Waals surface area contributed by atoms with Gasteiger partial charge in [-0.1, -0.05) is 18.2 Å². The van der Waals surface area contributed by atoms with Crippen molar-refractivity contribution in [3.63, 3.8) is 0 Å². The maximum Gasteiger partial charge on any atom is 0.236 e. The van der Waals surface area contributed by atoms with Crippen LogP contribution in [-0.2, 0) is 6.42 Å². The number of aryl methyl sites for hydroxylation is 1. The van der Waals surface area contributed by atoms with Crippen LogP contribution in [0.5, 0.6) is 0 Å². The number of aromatic nitrogens is 2. The molecule has 100 valence electrons. The zero-order chi connectivity index (χ0) is 14.4. The predicted molar refractivity (Wildman–Crippen MR) is 78.9 cm³/mol. The second kappa shape index (κ2) is 6.43. The molecule has 0 amide bonds. The van der Waals surface area contributed by atoms with Crippen LogP contribution in [0.3, 0.4) is 0 Å². The summed E-state index contributed by atoms with van der Waals surface area (Å²) in [5.74, 6) is 0.329. The average molecular weight is 265 g/mol. The van der Waals surface area contributed by atoms with Gasteiger partial charge in [0, 0.05) is 17.8 Å². The van der Waals surface area contributed by atoms with Crippen molar-refractivity contribution in [1.29, 1.82) is 5.26 Å². The maximum atomic E-state index is 8.61. The summed E-state index contributed by atoms with van der Waals surface area (Å²) in [6.45, 7) is 3.83. The van der Waals surface area contributed by atoms with Gasteiger partial charge in [0.15, 0.2) is 6.19 Å². The first kappa shape index (κ1) is 13.7. The van der Waals surface area contributed by atoms with Crippen LogP contribution in [0.2, 0.25) is 0 Å². The van der Waals surface area contributed by atoms with Gasteiger partial charge in [-0.3, -0.25) is 10.3 Å². The summed E-state index contributed by atoms with van der Waals surface area (Å²) in [6.07, 6.45) is 2.45. The first-order valence-corrected chi connectivity index (χ1v) is 6.26. The molecule has 5 heteroatoms. The van der Waals surface area contributed by atoms with E-state index in [4.69, 9.17) is 5.26 Å². The number of nitrogens with zero attached hydrogens (tertiary/aromatic N) is 4. The van der Waals surface area contributed by atoms with E-state index < -0.39 is 0 Å². The Hall–Kier alpha value is -2.74. The minimum Gasteiger partial charge on any atom is -0.261 e. The SMILES string of the molecule is CC(Cc1cc(C)nc(NC#N)n1)=Nc1ccccc1. The molecule has 0 unspecified atom stereocenters. The summed E-state index contributed by atoms with van der Waals surface area (Å²) in [5.41, 5.74) is 3.54. The molecular formula is C15H15N5. The van der Waals surface area contributed by atoms with E-state index in [-0.39, 0.29) is 0 Å². The molecule has 0 spiro atoms. The van der Waals surface area contributed by atoms with Crippen molar-refractivity contribution in [2.24, 2.45) is 4.99 Å². The number of anilines is 1. The Morgan fingerprint density at radius 3 is 2.75 bits per heavy atom. The lowest BCUT2D eigenvalue weighted by atomic mass is 10.2. The molecule has 1 heterocycles. The Balaban J connectivity index is 2.17. The number of rotatable bonds is 4. The zero-order valence-electron chi connectivity index (χ0n) is 11.5. The first-order valence-electron chi connectivity index (χ1n) is 6.26. The molecule has 0 saturated carbocycles. The van der Waals surface area contributed by atoms with Gasteiger partial charge in [0.2, 0.25) is 5.95 Å². The lowest BCUT2D eigenvalue weighted by Crippen LogP contribution is -2.05. The average Bonchev–Trinajstić information content (AvgIpc) is 2.39. The fourth-order valence-electron chi connectivity index (χ4n) is 1.85. The fourth-order valence-corrected chi connectivity index (χ4v) is 1.85. The van der Waals surface area contributed by atoms with Crippen LogP contribution in [0, 0.1) is 18.4 Å². The summed E-state index contributed by atoms with van der Waals surface area (Å²) in [5, 5.41) is 11.1. The van der Waals surface area contributed by atoms with Gasteiger partial charge in [-0.25, -0.2) is 9.97 Å². The van der Waals surface area contributed by atoms with Crippen molar-refractivity contribution >= 4 is 17.3 Å². The van der Waals surface area contributed by atoms with E-state index in [2.05, 4.69) is 20.3 Å². The number of benzene rings is 1. The number of hydrogen-bond donors (Lipinski definition) is 1. The van der Waals surface area contributed by atoms with Crippen LogP contribution in [-0.4, -0.2) is 15.7 Å². The number of nitriles is 1. The van der Waals surface area contributed by atoms with E-state index in [0.29, 0.717) is 12.4 Å². The van der Waals surface area contributed by atoms with Crippen LogP contribution in [0.4, 0.5) is 11.6 Å². The van der Waals surface area contributed by atoms with Gasteiger partial charge in [0.05, 0.1) is 11.4 Å². The van der Waals surface area contributed by atoms with Gasteiger partial charge in [0.1, 0.15) is 0 Å². The van der Waals surface area contributed by atoms with Crippen molar-refractivity contribution < 1.29 is 0 Å². The van der Waals surface area contributed by atoms with Crippen LogP contribution < -0.4 is 5.32 Å². The Labute approximate surface area is 118 Å². The molecule has 0 aliphatic rings. The number of aliphatic imine (C=N–C) groups is 1. The largest absolute Gasteiger partial charge is 0.261 e. The highest BCUT2D eigenvalue weighted by molar-refractivity contribution is 5.86. The maximum absolute atomic E-state index is 8.61. The molecule has 0 aliphatic carbocycles. The Bertz CT molecular complexity index is 656. The molecule has 20 heavy (non-hydrogen) atoms. The summed E-state index contributed by atoms with van der Waals surface area (Å²) < 4.78 is 0. The standard InChI is InChI=1S/C15H15N5/c1-11(18-13-6-4-3-5-7-13)8-14-9-12(2)19-15(20-14)17-10-16/h3-7,9H,8H2,1-2H3,(H,17,19,20). The molecule has 0 atom stereocenters. The van der Waals surface area contributed by atoms with E-state index in [0.717, 1.165) is 22.8 Å². The van der Waals surface area contributed by atoms with Crippen LogP contribution in [0.1, 0.15) is 18.3 Å². The molecule has 1 aromatic carbocycles. The van der Waals surface area contributed by atoms with Crippen molar-refractivity contribution in [2.75, 3.05) is 5.32 Å².